The third-order valence-corrected chi connectivity index (χ3v) is 2.97. The number of aromatic nitrogens is 1. The van der Waals surface area contributed by atoms with Gasteiger partial charge in [-0.3, -0.25) is 4.79 Å². The Kier molecular flexibility index (Phi) is 3.76. The monoisotopic (exact) mass is 212 g/mol. The van der Waals surface area contributed by atoms with E-state index in [0.717, 1.165) is 0 Å². The van der Waals surface area contributed by atoms with Crippen molar-refractivity contribution < 1.29 is 9.90 Å². The van der Waals surface area contributed by atoms with Gasteiger partial charge in [-0.1, -0.05) is 18.7 Å². The van der Waals surface area contributed by atoms with Gasteiger partial charge in [0.15, 0.2) is 0 Å². The van der Waals surface area contributed by atoms with E-state index >= 15 is 0 Å². The average Bonchev–Trinajstić information content (AvgIpc) is 2.16. The molecule has 0 aliphatic heterocycles. The van der Waals surface area contributed by atoms with Crippen LogP contribution in [0.4, 0.5) is 5.69 Å². The third-order valence-electron chi connectivity index (χ3n) is 1.67. The van der Waals surface area contributed by atoms with E-state index in [1.807, 2.05) is 6.92 Å². The summed E-state index contributed by atoms with van der Waals surface area (Å²) in [5.41, 5.74) is 6.04. The largest absolute Gasteiger partial charge is 0.480 e. The van der Waals surface area contributed by atoms with Crippen molar-refractivity contribution in [3.8, 4) is 0 Å². The van der Waals surface area contributed by atoms with E-state index in [1.54, 1.807) is 12.1 Å². The van der Waals surface area contributed by atoms with Crippen molar-refractivity contribution in [3.63, 3.8) is 0 Å². The van der Waals surface area contributed by atoms with Crippen LogP contribution >= 0.6 is 11.8 Å². The molecule has 4 nitrogen and oxygen atoms in total. The van der Waals surface area contributed by atoms with Gasteiger partial charge in [-0.25, -0.2) is 4.98 Å². The fraction of sp³-hybridized carbons (Fsp3) is 0.333. The Morgan fingerprint density at radius 1 is 1.71 bits per heavy atom. The predicted molar refractivity (Wildman–Crippen MR) is 56.2 cm³/mol. The molecular formula is C9H12N2O2S. The molecule has 1 aromatic rings. The molecule has 0 fully saturated rings. The predicted octanol–water partition coefficient (Wildman–Crippen LogP) is 1.62. The molecular weight excluding hydrogens is 200 g/mol. The summed E-state index contributed by atoms with van der Waals surface area (Å²) in [7, 11) is 0. The number of nitrogen functional groups attached to an aromatic ring is 1. The first-order valence-electron chi connectivity index (χ1n) is 4.24. The maximum Gasteiger partial charge on any atom is 0.317 e. The van der Waals surface area contributed by atoms with Gasteiger partial charge in [0.1, 0.15) is 5.25 Å². The molecule has 0 radical (unpaired) electrons. The van der Waals surface area contributed by atoms with Crippen LogP contribution in [0.15, 0.2) is 23.4 Å². The SMILES string of the molecule is CCC(Sc1ccc(N)cn1)C(=O)O. The number of carbonyl (C=O) groups is 1. The molecule has 1 unspecified atom stereocenters. The minimum absolute atomic E-state index is 0.439. The molecule has 0 aliphatic rings. The van der Waals surface area contributed by atoms with Crippen molar-refractivity contribution in [1.82, 2.24) is 4.98 Å². The van der Waals surface area contributed by atoms with Gasteiger partial charge in [0.05, 0.1) is 16.9 Å². The van der Waals surface area contributed by atoms with Crippen molar-refractivity contribution >= 4 is 23.4 Å². The van der Waals surface area contributed by atoms with Crippen LogP contribution in [-0.2, 0) is 4.79 Å². The van der Waals surface area contributed by atoms with Gasteiger partial charge >= 0.3 is 5.97 Å². The third kappa shape index (κ3) is 2.92. The summed E-state index contributed by atoms with van der Waals surface area (Å²) in [5, 5.41) is 9.07. The van der Waals surface area contributed by atoms with Crippen LogP contribution in [0, 0.1) is 0 Å². The Hall–Kier alpha value is -1.23. The lowest BCUT2D eigenvalue weighted by molar-refractivity contribution is -0.136. The lowest BCUT2D eigenvalue weighted by atomic mass is 10.3. The van der Waals surface area contributed by atoms with E-state index in [-0.39, 0.29) is 0 Å². The molecule has 0 aliphatic carbocycles. The highest BCUT2D eigenvalue weighted by molar-refractivity contribution is 8.00. The fourth-order valence-corrected chi connectivity index (χ4v) is 1.73. The van der Waals surface area contributed by atoms with Crippen LogP contribution < -0.4 is 5.73 Å². The second kappa shape index (κ2) is 4.85. The van der Waals surface area contributed by atoms with Gasteiger partial charge in [-0.2, -0.15) is 0 Å². The number of carboxylic acids is 1. The standard InChI is InChI=1S/C9H12N2O2S/c1-2-7(9(12)13)14-8-4-3-6(10)5-11-8/h3-5,7H,2,10H2,1H3,(H,12,13). The van der Waals surface area contributed by atoms with E-state index in [0.29, 0.717) is 17.1 Å². The number of anilines is 1. The minimum atomic E-state index is -0.809. The second-order valence-electron chi connectivity index (χ2n) is 2.78. The number of carboxylic acid groups (broad SMARTS) is 1. The maximum atomic E-state index is 10.7. The summed E-state index contributed by atoms with van der Waals surface area (Å²) in [4.78, 5) is 14.8. The van der Waals surface area contributed by atoms with Gasteiger partial charge in [0, 0.05) is 0 Å². The summed E-state index contributed by atoms with van der Waals surface area (Å²) in [6, 6.07) is 3.44. The molecule has 1 atom stereocenters. The Bertz CT molecular complexity index is 313. The number of hydrogen-bond donors (Lipinski definition) is 2. The molecule has 76 valence electrons. The van der Waals surface area contributed by atoms with Crippen LogP contribution in [0.5, 0.6) is 0 Å². The van der Waals surface area contributed by atoms with E-state index in [2.05, 4.69) is 4.98 Å². The Labute approximate surface area is 86.5 Å². The number of pyridine rings is 1. The topological polar surface area (TPSA) is 76.2 Å². The smallest absolute Gasteiger partial charge is 0.317 e. The average molecular weight is 212 g/mol. The van der Waals surface area contributed by atoms with E-state index in [4.69, 9.17) is 10.8 Å². The first-order valence-corrected chi connectivity index (χ1v) is 5.12. The number of hydrogen-bond acceptors (Lipinski definition) is 4. The van der Waals surface area contributed by atoms with Gasteiger partial charge < -0.3 is 10.8 Å². The van der Waals surface area contributed by atoms with Crippen LogP contribution in [0.3, 0.4) is 0 Å². The molecule has 1 heterocycles. The van der Waals surface area contributed by atoms with Crippen molar-refractivity contribution in [2.75, 3.05) is 5.73 Å². The molecule has 1 rings (SSSR count). The quantitative estimate of drug-likeness (QED) is 0.742. The number of nitrogens with zero attached hydrogens (tertiary/aromatic N) is 1. The van der Waals surface area contributed by atoms with Gasteiger partial charge in [-0.05, 0) is 18.6 Å². The molecule has 0 saturated carbocycles. The molecule has 0 aromatic carbocycles. The van der Waals surface area contributed by atoms with Crippen molar-refractivity contribution in [2.45, 2.75) is 23.6 Å². The van der Waals surface area contributed by atoms with Crippen LogP contribution in [0.1, 0.15) is 13.3 Å². The first-order chi connectivity index (χ1) is 6.63. The van der Waals surface area contributed by atoms with Gasteiger partial charge in [0.25, 0.3) is 0 Å². The van der Waals surface area contributed by atoms with E-state index in [1.165, 1.54) is 18.0 Å². The molecule has 5 heteroatoms. The second-order valence-corrected chi connectivity index (χ2v) is 4.01. The highest BCUT2D eigenvalue weighted by Gasteiger charge is 2.16. The molecule has 0 bridgehead atoms. The van der Waals surface area contributed by atoms with E-state index < -0.39 is 11.2 Å². The van der Waals surface area contributed by atoms with E-state index in [9.17, 15) is 4.79 Å². The Morgan fingerprint density at radius 3 is 2.86 bits per heavy atom. The zero-order chi connectivity index (χ0) is 10.6. The highest BCUT2D eigenvalue weighted by atomic mass is 32.2. The zero-order valence-electron chi connectivity index (χ0n) is 7.80. The Balaban J connectivity index is 2.67. The Morgan fingerprint density at radius 2 is 2.43 bits per heavy atom. The molecule has 3 N–H and O–H groups in total. The zero-order valence-corrected chi connectivity index (χ0v) is 8.62. The van der Waals surface area contributed by atoms with Crippen LogP contribution in [0.2, 0.25) is 0 Å². The summed E-state index contributed by atoms with van der Waals surface area (Å²) < 4.78 is 0. The van der Waals surface area contributed by atoms with Crippen molar-refractivity contribution in [2.24, 2.45) is 0 Å². The summed E-state index contributed by atoms with van der Waals surface area (Å²) in [5.74, 6) is -0.809. The van der Waals surface area contributed by atoms with Crippen LogP contribution in [0.25, 0.3) is 0 Å². The van der Waals surface area contributed by atoms with Crippen LogP contribution in [-0.4, -0.2) is 21.3 Å². The van der Waals surface area contributed by atoms with Gasteiger partial charge in [-0.15, -0.1) is 0 Å². The van der Waals surface area contributed by atoms with Crippen molar-refractivity contribution in [1.29, 1.82) is 0 Å². The minimum Gasteiger partial charge on any atom is -0.480 e. The van der Waals surface area contributed by atoms with Gasteiger partial charge in [0.2, 0.25) is 0 Å². The number of rotatable bonds is 4. The highest BCUT2D eigenvalue weighted by Crippen LogP contribution is 2.23. The lowest BCUT2D eigenvalue weighted by Gasteiger charge is -2.07. The molecule has 0 spiro atoms. The first kappa shape index (κ1) is 10.8. The fourth-order valence-electron chi connectivity index (χ4n) is 0.916. The summed E-state index contributed by atoms with van der Waals surface area (Å²) in [6.45, 7) is 1.84. The normalized spacial score (nSPS) is 12.4. The molecule has 14 heavy (non-hydrogen) atoms. The summed E-state index contributed by atoms with van der Waals surface area (Å²) >= 11 is 1.24. The molecule has 0 saturated heterocycles. The number of thioether (sulfide) groups is 1. The van der Waals surface area contributed by atoms with Crippen molar-refractivity contribution in [3.05, 3.63) is 18.3 Å². The number of nitrogens with two attached hydrogens (primary N) is 1. The maximum absolute atomic E-state index is 10.7. The summed E-state index contributed by atoms with van der Waals surface area (Å²) in [6.07, 6.45) is 2.10. The lowest BCUT2D eigenvalue weighted by Crippen LogP contribution is -2.14. The molecule has 0 amide bonds. The molecule has 1 aromatic heterocycles. The number of aliphatic carboxylic acids is 1.